The highest BCUT2D eigenvalue weighted by Crippen LogP contribution is 2.57. The van der Waals surface area contributed by atoms with Crippen molar-refractivity contribution >= 4 is 11.8 Å². The van der Waals surface area contributed by atoms with Crippen LogP contribution in [0, 0.1) is 11.3 Å². The van der Waals surface area contributed by atoms with Crippen molar-refractivity contribution in [1.29, 1.82) is 0 Å². The van der Waals surface area contributed by atoms with Crippen LogP contribution in [0.3, 0.4) is 0 Å². The summed E-state index contributed by atoms with van der Waals surface area (Å²) in [5.41, 5.74) is -1.53. The fourth-order valence-electron chi connectivity index (χ4n) is 1.96. The van der Waals surface area contributed by atoms with Crippen LogP contribution < -0.4 is 10.6 Å². The van der Waals surface area contributed by atoms with E-state index in [1.54, 1.807) is 0 Å². The zero-order valence-corrected chi connectivity index (χ0v) is 8.94. The van der Waals surface area contributed by atoms with Gasteiger partial charge in [0, 0.05) is 20.5 Å². The molecule has 0 aromatic carbocycles. The van der Waals surface area contributed by atoms with Gasteiger partial charge in [0.05, 0.1) is 0 Å². The summed E-state index contributed by atoms with van der Waals surface area (Å²) in [6.07, 6.45) is -5.51. The zero-order chi connectivity index (χ0) is 12.6. The lowest BCUT2D eigenvalue weighted by Gasteiger charge is -2.14. The van der Waals surface area contributed by atoms with Gasteiger partial charge in [-0.15, -0.1) is 0 Å². The molecule has 0 aromatic heterocycles. The Morgan fingerprint density at radius 1 is 1.25 bits per heavy atom. The molecule has 1 unspecified atom stereocenters. The Labute approximate surface area is 90.6 Å². The monoisotopic (exact) mass is 238 g/mol. The van der Waals surface area contributed by atoms with E-state index in [0.29, 0.717) is 0 Å². The van der Waals surface area contributed by atoms with Gasteiger partial charge in [0.15, 0.2) is 0 Å². The lowest BCUT2D eigenvalue weighted by Crippen LogP contribution is -2.42. The van der Waals surface area contributed by atoms with E-state index < -0.39 is 35.7 Å². The summed E-state index contributed by atoms with van der Waals surface area (Å²) < 4.78 is 36.5. The Morgan fingerprint density at radius 2 is 1.69 bits per heavy atom. The molecule has 1 aliphatic carbocycles. The number of hydrogen-bond donors (Lipinski definition) is 2. The molecule has 0 spiro atoms. The molecule has 4 nitrogen and oxygen atoms in total. The number of halogens is 3. The lowest BCUT2D eigenvalue weighted by atomic mass is 9.99. The average Bonchev–Trinajstić information content (AvgIpc) is 2.88. The summed E-state index contributed by atoms with van der Waals surface area (Å²) in [5, 5.41) is 4.46. The molecule has 0 radical (unpaired) electrons. The number of carbonyl (C=O) groups is 2. The molecule has 2 amide bonds. The van der Waals surface area contributed by atoms with Crippen LogP contribution >= 0.6 is 0 Å². The molecular formula is C9H13F3N2O2. The van der Waals surface area contributed by atoms with Crippen LogP contribution in [0.2, 0.25) is 0 Å². The topological polar surface area (TPSA) is 58.2 Å². The Balaban J connectivity index is 2.80. The second kappa shape index (κ2) is 3.95. The molecule has 92 valence electrons. The van der Waals surface area contributed by atoms with E-state index in [4.69, 9.17) is 0 Å². The van der Waals surface area contributed by atoms with Crippen molar-refractivity contribution in [3.05, 3.63) is 0 Å². The maximum absolute atomic E-state index is 12.2. The number of rotatable bonds is 3. The van der Waals surface area contributed by atoms with Crippen molar-refractivity contribution in [1.82, 2.24) is 10.6 Å². The second-order valence-electron chi connectivity index (χ2n) is 3.85. The number of amides is 2. The summed E-state index contributed by atoms with van der Waals surface area (Å²) in [7, 11) is 2.60. The molecule has 1 fully saturated rings. The van der Waals surface area contributed by atoms with Gasteiger partial charge in [0.25, 0.3) is 0 Å². The second-order valence-corrected chi connectivity index (χ2v) is 3.85. The molecule has 1 rings (SSSR count). The summed E-state index contributed by atoms with van der Waals surface area (Å²) in [5.74, 6) is -2.26. The zero-order valence-electron chi connectivity index (χ0n) is 8.94. The summed E-state index contributed by atoms with van der Waals surface area (Å²) in [4.78, 5) is 22.9. The van der Waals surface area contributed by atoms with Gasteiger partial charge in [-0.25, -0.2) is 0 Å². The lowest BCUT2D eigenvalue weighted by molar-refractivity contribution is -0.146. The standard InChI is InChI=1S/C9H13F3N2O2/c1-13-6(15)8(7(16)14-2)3-5(8)4-9(10,11)12/h5H,3-4H2,1-2H3,(H,13,15)(H,14,16). The van der Waals surface area contributed by atoms with Crippen LogP contribution in [-0.4, -0.2) is 32.1 Å². The molecule has 2 N–H and O–H groups in total. The van der Waals surface area contributed by atoms with Gasteiger partial charge in [0.2, 0.25) is 11.8 Å². The van der Waals surface area contributed by atoms with Gasteiger partial charge in [-0.2, -0.15) is 13.2 Å². The van der Waals surface area contributed by atoms with Crippen molar-refractivity contribution in [3.63, 3.8) is 0 Å². The predicted octanol–water partition coefficient (Wildman–Crippen LogP) is 0.437. The maximum atomic E-state index is 12.2. The molecular weight excluding hydrogens is 225 g/mol. The fourth-order valence-corrected chi connectivity index (χ4v) is 1.96. The highest BCUT2D eigenvalue weighted by molar-refractivity contribution is 6.08. The molecule has 0 bridgehead atoms. The first kappa shape index (κ1) is 12.8. The van der Waals surface area contributed by atoms with Crippen molar-refractivity contribution < 1.29 is 22.8 Å². The van der Waals surface area contributed by atoms with E-state index in [1.807, 2.05) is 0 Å². The van der Waals surface area contributed by atoms with Gasteiger partial charge in [-0.1, -0.05) is 0 Å². The smallest absolute Gasteiger partial charge is 0.358 e. The fraction of sp³-hybridized carbons (Fsp3) is 0.778. The summed E-state index contributed by atoms with van der Waals surface area (Å²) in [6, 6.07) is 0. The molecule has 16 heavy (non-hydrogen) atoms. The molecule has 7 heteroatoms. The predicted molar refractivity (Wildman–Crippen MR) is 49.3 cm³/mol. The number of alkyl halides is 3. The van der Waals surface area contributed by atoms with E-state index in [0.717, 1.165) is 0 Å². The van der Waals surface area contributed by atoms with Gasteiger partial charge >= 0.3 is 6.18 Å². The molecule has 0 heterocycles. The summed E-state index contributed by atoms with van der Waals surface area (Å²) in [6.45, 7) is 0. The molecule has 1 saturated carbocycles. The number of carbonyl (C=O) groups excluding carboxylic acids is 2. The van der Waals surface area contributed by atoms with Gasteiger partial charge in [-0.05, 0) is 12.3 Å². The van der Waals surface area contributed by atoms with Crippen LogP contribution in [0.4, 0.5) is 13.2 Å². The number of hydrogen-bond acceptors (Lipinski definition) is 2. The Bertz CT molecular complexity index is 298. The van der Waals surface area contributed by atoms with Crippen molar-refractivity contribution in [3.8, 4) is 0 Å². The quantitative estimate of drug-likeness (QED) is 0.701. The summed E-state index contributed by atoms with van der Waals surface area (Å²) >= 11 is 0. The largest absolute Gasteiger partial charge is 0.389 e. The van der Waals surface area contributed by atoms with Crippen molar-refractivity contribution in [2.45, 2.75) is 19.0 Å². The maximum Gasteiger partial charge on any atom is 0.389 e. The highest BCUT2D eigenvalue weighted by Gasteiger charge is 2.66. The first-order chi connectivity index (χ1) is 7.28. The van der Waals surface area contributed by atoms with E-state index >= 15 is 0 Å². The Hall–Kier alpha value is -1.27. The molecule has 1 aliphatic rings. The van der Waals surface area contributed by atoms with Crippen molar-refractivity contribution in [2.24, 2.45) is 11.3 Å². The molecule has 1 atom stereocenters. The minimum Gasteiger partial charge on any atom is -0.358 e. The van der Waals surface area contributed by atoms with Crippen LogP contribution in [0.5, 0.6) is 0 Å². The van der Waals surface area contributed by atoms with Crippen LogP contribution in [0.1, 0.15) is 12.8 Å². The van der Waals surface area contributed by atoms with E-state index in [9.17, 15) is 22.8 Å². The van der Waals surface area contributed by atoms with Gasteiger partial charge in [-0.3, -0.25) is 9.59 Å². The molecule has 0 aliphatic heterocycles. The third-order valence-electron chi connectivity index (χ3n) is 2.85. The first-order valence-electron chi connectivity index (χ1n) is 4.79. The minimum atomic E-state index is -4.35. The van der Waals surface area contributed by atoms with Crippen LogP contribution in [0.15, 0.2) is 0 Å². The Morgan fingerprint density at radius 3 is 2.00 bits per heavy atom. The van der Waals surface area contributed by atoms with Crippen LogP contribution in [0.25, 0.3) is 0 Å². The Kier molecular flexibility index (Phi) is 3.16. The van der Waals surface area contributed by atoms with Gasteiger partial charge < -0.3 is 10.6 Å². The normalized spacial score (nSPS) is 22.4. The van der Waals surface area contributed by atoms with Crippen LogP contribution in [-0.2, 0) is 9.59 Å². The third-order valence-corrected chi connectivity index (χ3v) is 2.85. The first-order valence-corrected chi connectivity index (χ1v) is 4.79. The number of nitrogens with one attached hydrogen (secondary N) is 2. The molecule has 0 aromatic rings. The van der Waals surface area contributed by atoms with Crippen molar-refractivity contribution in [2.75, 3.05) is 14.1 Å². The third kappa shape index (κ3) is 2.12. The average molecular weight is 238 g/mol. The highest BCUT2D eigenvalue weighted by atomic mass is 19.4. The van der Waals surface area contributed by atoms with Gasteiger partial charge in [0.1, 0.15) is 5.41 Å². The minimum absolute atomic E-state index is 0.0497. The van der Waals surface area contributed by atoms with E-state index in [1.165, 1.54) is 14.1 Å². The molecule has 0 saturated heterocycles. The van der Waals surface area contributed by atoms with E-state index in [2.05, 4.69) is 10.6 Å². The SMILES string of the molecule is CNC(=O)C1(C(=O)NC)CC1CC(F)(F)F. The van der Waals surface area contributed by atoms with E-state index in [-0.39, 0.29) is 6.42 Å².